The van der Waals surface area contributed by atoms with Crippen molar-refractivity contribution in [2.24, 2.45) is 28.1 Å². The average molecular weight is 759 g/mol. The molecule has 0 aromatic carbocycles. The van der Waals surface area contributed by atoms with Gasteiger partial charge in [-0.2, -0.15) is 0 Å². The molecule has 0 bridgehead atoms. The maximum absolute atomic E-state index is 13.7. The van der Waals surface area contributed by atoms with Crippen LogP contribution in [0.4, 0.5) is 0 Å². The second-order valence-corrected chi connectivity index (χ2v) is 13.7. The van der Waals surface area contributed by atoms with Crippen LogP contribution in [-0.4, -0.2) is 146 Å². The van der Waals surface area contributed by atoms with E-state index in [9.17, 15) is 54.0 Å². The van der Waals surface area contributed by atoms with Crippen molar-refractivity contribution in [3.8, 4) is 0 Å². The van der Waals surface area contributed by atoms with Crippen molar-refractivity contribution in [1.29, 1.82) is 0 Å². The fourth-order valence-electron chi connectivity index (χ4n) is 5.47. The Hall–Kier alpha value is -4.60. The zero-order valence-electron chi connectivity index (χ0n) is 31.1. The topological polar surface area (TPSA) is 354 Å². The number of aliphatic imine (C=N–C) groups is 1. The molecule has 21 nitrogen and oxygen atoms in total. The highest BCUT2D eigenvalue weighted by Crippen LogP contribution is 2.20. The van der Waals surface area contributed by atoms with Crippen LogP contribution in [0, 0.1) is 5.92 Å². The zero-order valence-corrected chi connectivity index (χ0v) is 31.1. The smallest absolute Gasteiger partial charge is 0.326 e. The molecule has 1 aliphatic rings. The van der Waals surface area contributed by atoms with E-state index in [-0.39, 0.29) is 50.7 Å². The van der Waals surface area contributed by atoms with Gasteiger partial charge in [0.05, 0.1) is 24.4 Å². The van der Waals surface area contributed by atoms with Gasteiger partial charge in [0, 0.05) is 13.1 Å². The molecule has 1 aliphatic heterocycles. The summed E-state index contributed by atoms with van der Waals surface area (Å²) in [5.41, 5.74) is 16.3. The summed E-state index contributed by atoms with van der Waals surface area (Å²) in [6.45, 7) is 8.69. The van der Waals surface area contributed by atoms with E-state index >= 15 is 0 Å². The number of carboxylic acids is 1. The summed E-state index contributed by atoms with van der Waals surface area (Å²) in [6.07, 6.45) is -3.76. The molecule has 10 atom stereocenters. The number of aliphatic hydroxyl groups is 3. The number of hydrogen-bond donors (Lipinski definition) is 12. The molecule has 15 N–H and O–H groups in total. The monoisotopic (exact) mass is 758 g/mol. The largest absolute Gasteiger partial charge is 0.480 e. The molecular formula is C32H58N10O11. The minimum atomic E-state index is -1.72. The zero-order chi connectivity index (χ0) is 40.7. The van der Waals surface area contributed by atoms with Crippen molar-refractivity contribution in [3.05, 3.63) is 0 Å². The second-order valence-electron chi connectivity index (χ2n) is 13.7. The van der Waals surface area contributed by atoms with Crippen LogP contribution in [0.2, 0.25) is 0 Å². The third-order valence-corrected chi connectivity index (χ3v) is 8.32. The normalized spacial score (nSPS) is 19.2. The van der Waals surface area contributed by atoms with Crippen LogP contribution >= 0.6 is 0 Å². The SMILES string of the molecule is CC(C)C[C@H](NC(=O)[C@@H](NC(=O)[C@H](CCCN=C(N)N)NC(=O)[C@@H](NC(=O)[C@@H](NC(=O)[C@H](C)N)[C@@H](C)O)[C@@H](C)O)[C@@H](C)O)C(=O)N1CCC[C@H]1C(=O)O. The molecule has 1 heterocycles. The van der Waals surface area contributed by atoms with Gasteiger partial charge in [-0.05, 0) is 65.7 Å². The van der Waals surface area contributed by atoms with Gasteiger partial charge in [-0.15, -0.1) is 0 Å². The molecule has 0 saturated carbocycles. The Bertz CT molecular complexity index is 1320. The molecule has 0 unspecified atom stereocenters. The Balaban J connectivity index is 3.31. The van der Waals surface area contributed by atoms with Gasteiger partial charge in [-0.3, -0.25) is 33.8 Å². The first-order valence-corrected chi connectivity index (χ1v) is 17.5. The van der Waals surface area contributed by atoms with Crippen molar-refractivity contribution in [2.45, 2.75) is 134 Å². The molecule has 1 saturated heterocycles. The summed E-state index contributed by atoms with van der Waals surface area (Å²) in [7, 11) is 0. The lowest BCUT2D eigenvalue weighted by Gasteiger charge is -2.31. The van der Waals surface area contributed by atoms with Crippen molar-refractivity contribution < 1.29 is 54.0 Å². The number of rotatable bonds is 21. The minimum Gasteiger partial charge on any atom is -0.480 e. The fourth-order valence-corrected chi connectivity index (χ4v) is 5.47. The molecule has 0 aromatic heterocycles. The van der Waals surface area contributed by atoms with E-state index in [1.165, 1.54) is 32.6 Å². The number of carboxylic acid groups (broad SMARTS) is 1. The summed E-state index contributed by atoms with van der Waals surface area (Å²) in [5, 5.41) is 52.5. The van der Waals surface area contributed by atoms with Gasteiger partial charge in [-0.1, -0.05) is 13.8 Å². The lowest BCUT2D eigenvalue weighted by Crippen LogP contribution is -2.63. The molecule has 0 radical (unpaired) electrons. The first-order valence-electron chi connectivity index (χ1n) is 17.5. The van der Waals surface area contributed by atoms with E-state index in [1.807, 2.05) is 0 Å². The Kier molecular flexibility index (Phi) is 19.1. The molecule has 0 aromatic rings. The summed E-state index contributed by atoms with van der Waals surface area (Å²) >= 11 is 0. The van der Waals surface area contributed by atoms with Gasteiger partial charge in [0.1, 0.15) is 36.3 Å². The molecular weight excluding hydrogens is 700 g/mol. The molecule has 6 amide bonds. The maximum Gasteiger partial charge on any atom is 0.326 e. The van der Waals surface area contributed by atoms with E-state index < -0.39 is 102 Å². The van der Waals surface area contributed by atoms with Crippen LogP contribution in [0.5, 0.6) is 0 Å². The number of amides is 6. The molecule has 53 heavy (non-hydrogen) atoms. The van der Waals surface area contributed by atoms with Crippen LogP contribution in [0.3, 0.4) is 0 Å². The third-order valence-electron chi connectivity index (χ3n) is 8.32. The van der Waals surface area contributed by atoms with Crippen molar-refractivity contribution in [2.75, 3.05) is 13.1 Å². The Morgan fingerprint density at radius 2 is 1.17 bits per heavy atom. The molecule has 21 heteroatoms. The number of nitrogens with one attached hydrogen (secondary N) is 5. The number of carbonyl (C=O) groups is 7. The summed E-state index contributed by atoms with van der Waals surface area (Å²) in [4.78, 5) is 96.0. The van der Waals surface area contributed by atoms with Gasteiger partial charge in [0.2, 0.25) is 35.4 Å². The first kappa shape index (κ1) is 46.4. The number of likely N-dealkylation sites (tertiary alicyclic amines) is 1. The van der Waals surface area contributed by atoms with E-state index in [1.54, 1.807) is 13.8 Å². The van der Waals surface area contributed by atoms with E-state index in [4.69, 9.17) is 17.2 Å². The van der Waals surface area contributed by atoms with Crippen molar-refractivity contribution in [3.63, 3.8) is 0 Å². The average Bonchev–Trinajstić information content (AvgIpc) is 3.55. The quantitative estimate of drug-likeness (QED) is 0.0297. The first-order chi connectivity index (χ1) is 24.6. The van der Waals surface area contributed by atoms with E-state index in [2.05, 4.69) is 31.6 Å². The van der Waals surface area contributed by atoms with Gasteiger partial charge in [-0.25, -0.2) is 4.79 Å². The second kappa shape index (κ2) is 21.8. The van der Waals surface area contributed by atoms with E-state index in [0.717, 1.165) is 0 Å². The summed E-state index contributed by atoms with van der Waals surface area (Å²) in [6, 6.07) is -9.71. The van der Waals surface area contributed by atoms with Crippen LogP contribution in [-0.2, 0) is 33.6 Å². The predicted octanol–water partition coefficient (Wildman–Crippen LogP) is -4.92. The highest BCUT2D eigenvalue weighted by Gasteiger charge is 2.40. The Morgan fingerprint density at radius 1 is 0.717 bits per heavy atom. The van der Waals surface area contributed by atoms with Crippen molar-refractivity contribution >= 4 is 47.4 Å². The maximum atomic E-state index is 13.7. The van der Waals surface area contributed by atoms with Crippen LogP contribution in [0.25, 0.3) is 0 Å². The number of aliphatic hydroxyl groups excluding tert-OH is 3. The number of carbonyl (C=O) groups excluding carboxylic acids is 6. The van der Waals surface area contributed by atoms with Crippen LogP contribution in [0.15, 0.2) is 4.99 Å². The lowest BCUT2D eigenvalue weighted by atomic mass is 10.0. The van der Waals surface area contributed by atoms with Crippen LogP contribution in [0.1, 0.15) is 73.6 Å². The highest BCUT2D eigenvalue weighted by atomic mass is 16.4. The molecule has 0 spiro atoms. The number of nitrogens with two attached hydrogens (primary N) is 3. The highest BCUT2D eigenvalue weighted by molar-refractivity contribution is 5.97. The lowest BCUT2D eigenvalue weighted by molar-refractivity contribution is -0.149. The van der Waals surface area contributed by atoms with Gasteiger partial charge in [0.25, 0.3) is 0 Å². The number of aliphatic carboxylic acids is 1. The summed E-state index contributed by atoms with van der Waals surface area (Å²) in [5.74, 6) is -7.02. The number of guanidine groups is 1. The van der Waals surface area contributed by atoms with Crippen LogP contribution < -0.4 is 43.8 Å². The predicted molar refractivity (Wildman–Crippen MR) is 190 cm³/mol. The minimum absolute atomic E-state index is 0.0149. The molecule has 302 valence electrons. The van der Waals surface area contributed by atoms with Gasteiger partial charge in [0.15, 0.2) is 5.96 Å². The van der Waals surface area contributed by atoms with Gasteiger partial charge >= 0.3 is 5.97 Å². The summed E-state index contributed by atoms with van der Waals surface area (Å²) < 4.78 is 0. The molecule has 1 fully saturated rings. The Labute approximate surface area is 308 Å². The van der Waals surface area contributed by atoms with Crippen molar-refractivity contribution in [1.82, 2.24) is 31.5 Å². The number of nitrogens with zero attached hydrogens (tertiary/aromatic N) is 2. The number of hydrogen-bond acceptors (Lipinski definition) is 12. The molecule has 0 aliphatic carbocycles. The fraction of sp³-hybridized carbons (Fsp3) is 0.750. The Morgan fingerprint density at radius 3 is 1.60 bits per heavy atom. The molecule has 1 rings (SSSR count). The van der Waals surface area contributed by atoms with E-state index in [0.29, 0.717) is 6.42 Å². The standard InChI is InChI=1S/C32H58N10O11/c1-14(2)13-20(30(51)42-12-8-10-21(42)31(52)53)38-28(49)22(16(4)43)40-26(47)19(9-7-11-36-32(34)35)37-27(48)23(17(5)44)41-29(50)24(18(6)45)39-25(46)15(3)33/h14-24,43-45H,7-13,33H2,1-6H3,(H,37,48)(H,38,49)(H,39,46)(H,40,47)(H,41,50)(H,52,53)(H4,34,35,36)/t15-,16+,17+,18+,19-,20-,21-,22-,23-,24-/m0/s1. The van der Waals surface area contributed by atoms with Gasteiger partial charge < -0.3 is 69.1 Å². The third kappa shape index (κ3) is 15.1.